The lowest BCUT2D eigenvalue weighted by molar-refractivity contribution is -0.123. The number of hydrogen-bond acceptors (Lipinski definition) is 4. The highest BCUT2D eigenvalue weighted by molar-refractivity contribution is 5.81. The lowest BCUT2D eigenvalue weighted by Crippen LogP contribution is -2.47. The average Bonchev–Trinajstić information content (AvgIpc) is 2.23. The summed E-state index contributed by atoms with van der Waals surface area (Å²) in [4.78, 5) is 11.4. The average molecular weight is 230 g/mol. The van der Waals surface area contributed by atoms with E-state index in [2.05, 4.69) is 11.9 Å². The van der Waals surface area contributed by atoms with Crippen molar-refractivity contribution in [3.8, 4) is 0 Å². The number of hydrogen-bond donors (Lipinski definition) is 3. The van der Waals surface area contributed by atoms with Gasteiger partial charge in [0.2, 0.25) is 5.91 Å². The van der Waals surface area contributed by atoms with Gasteiger partial charge in [0.25, 0.3) is 0 Å². The molecule has 0 aliphatic heterocycles. The van der Waals surface area contributed by atoms with Gasteiger partial charge in [0.1, 0.15) is 0 Å². The Morgan fingerprint density at radius 2 is 2.38 bits per heavy atom. The third-order valence-electron chi connectivity index (χ3n) is 2.25. The Morgan fingerprint density at radius 3 is 2.88 bits per heavy atom. The van der Waals surface area contributed by atoms with Gasteiger partial charge >= 0.3 is 0 Å². The number of nitrogens with two attached hydrogens (primary N) is 1. The van der Waals surface area contributed by atoms with Gasteiger partial charge in [-0.2, -0.15) is 0 Å². The third kappa shape index (κ3) is 6.55. The molecule has 0 bridgehead atoms. The Bertz CT molecular complexity index is 229. The number of rotatable bonds is 8. The number of nitrogens with one attached hydrogen (secondary N) is 1. The molecule has 0 aromatic rings. The first-order valence-electron chi connectivity index (χ1n) is 5.28. The van der Waals surface area contributed by atoms with Crippen molar-refractivity contribution in [1.29, 1.82) is 0 Å². The zero-order chi connectivity index (χ0) is 12.6. The molecule has 1 amide bonds. The number of methoxy groups -OCH3 is 1. The largest absolute Gasteiger partial charge is 0.388 e. The second-order valence-electron chi connectivity index (χ2n) is 4.09. The quantitative estimate of drug-likeness (QED) is 0.504. The van der Waals surface area contributed by atoms with Crippen molar-refractivity contribution in [2.45, 2.75) is 31.4 Å². The van der Waals surface area contributed by atoms with E-state index in [-0.39, 0.29) is 12.5 Å². The van der Waals surface area contributed by atoms with Crippen LogP contribution in [0.1, 0.15) is 19.8 Å². The minimum absolute atomic E-state index is 0.167. The molecule has 0 aromatic heterocycles. The summed E-state index contributed by atoms with van der Waals surface area (Å²) in [5, 5.41) is 12.4. The smallest absolute Gasteiger partial charge is 0.237 e. The third-order valence-corrected chi connectivity index (χ3v) is 2.25. The van der Waals surface area contributed by atoms with E-state index in [9.17, 15) is 9.90 Å². The highest BCUT2D eigenvalue weighted by Crippen LogP contribution is 2.07. The van der Waals surface area contributed by atoms with Gasteiger partial charge in [0.15, 0.2) is 0 Å². The zero-order valence-electron chi connectivity index (χ0n) is 10.0. The van der Waals surface area contributed by atoms with Gasteiger partial charge in [-0.3, -0.25) is 4.79 Å². The predicted octanol–water partition coefficient (Wildman–Crippen LogP) is -0.206. The van der Waals surface area contributed by atoms with Crippen LogP contribution in [0.2, 0.25) is 0 Å². The molecule has 0 saturated heterocycles. The van der Waals surface area contributed by atoms with Gasteiger partial charge in [-0.25, -0.2) is 0 Å². The molecule has 0 heterocycles. The standard InChI is InChI=1S/C11H22N2O3/c1-4-5-9(12)10(14)13-8-11(2,15)6-7-16-3/h4,9,15H,1,5-8,12H2,2-3H3,(H,13,14). The fraction of sp³-hybridized carbons (Fsp3) is 0.727. The summed E-state index contributed by atoms with van der Waals surface area (Å²) >= 11 is 0. The fourth-order valence-electron chi connectivity index (χ4n) is 1.11. The summed E-state index contributed by atoms with van der Waals surface area (Å²) < 4.78 is 4.86. The van der Waals surface area contributed by atoms with Crippen molar-refractivity contribution < 1.29 is 14.6 Å². The summed E-state index contributed by atoms with van der Waals surface area (Å²) in [7, 11) is 1.56. The number of carbonyl (C=O) groups is 1. The number of carbonyl (C=O) groups excluding carboxylic acids is 1. The van der Waals surface area contributed by atoms with E-state index < -0.39 is 11.6 Å². The molecule has 16 heavy (non-hydrogen) atoms. The monoisotopic (exact) mass is 230 g/mol. The van der Waals surface area contributed by atoms with Crippen molar-refractivity contribution in [3.63, 3.8) is 0 Å². The van der Waals surface area contributed by atoms with E-state index in [0.717, 1.165) is 0 Å². The zero-order valence-corrected chi connectivity index (χ0v) is 10.0. The Balaban J connectivity index is 3.93. The summed E-state index contributed by atoms with van der Waals surface area (Å²) in [5.74, 6) is -0.280. The minimum atomic E-state index is -0.973. The molecule has 0 aliphatic carbocycles. The maximum absolute atomic E-state index is 11.4. The predicted molar refractivity (Wildman–Crippen MR) is 62.9 cm³/mol. The topological polar surface area (TPSA) is 84.6 Å². The highest BCUT2D eigenvalue weighted by atomic mass is 16.5. The molecule has 0 aliphatic rings. The first kappa shape index (κ1) is 15.1. The number of aliphatic hydroxyl groups is 1. The highest BCUT2D eigenvalue weighted by Gasteiger charge is 2.22. The van der Waals surface area contributed by atoms with Gasteiger partial charge in [-0.05, 0) is 13.3 Å². The van der Waals surface area contributed by atoms with Crippen LogP contribution in [0.15, 0.2) is 12.7 Å². The number of amides is 1. The molecule has 94 valence electrons. The second-order valence-corrected chi connectivity index (χ2v) is 4.09. The molecule has 0 aromatic carbocycles. The van der Waals surface area contributed by atoms with Crippen molar-refractivity contribution in [3.05, 3.63) is 12.7 Å². The lowest BCUT2D eigenvalue weighted by atomic mass is 10.0. The second kappa shape index (κ2) is 7.38. The molecule has 2 unspecified atom stereocenters. The Hall–Kier alpha value is -0.910. The molecule has 2 atom stereocenters. The summed E-state index contributed by atoms with van der Waals surface area (Å²) in [6.45, 7) is 5.76. The molecule has 5 heteroatoms. The van der Waals surface area contributed by atoms with Crippen LogP contribution in [-0.2, 0) is 9.53 Å². The van der Waals surface area contributed by atoms with Gasteiger partial charge in [0.05, 0.1) is 11.6 Å². The number of ether oxygens (including phenoxy) is 1. The first-order chi connectivity index (χ1) is 7.43. The first-order valence-corrected chi connectivity index (χ1v) is 5.28. The lowest BCUT2D eigenvalue weighted by Gasteiger charge is -2.24. The molecule has 5 nitrogen and oxygen atoms in total. The van der Waals surface area contributed by atoms with Gasteiger partial charge in [0, 0.05) is 26.7 Å². The molecule has 0 fully saturated rings. The molecule has 0 radical (unpaired) electrons. The van der Waals surface area contributed by atoms with Crippen LogP contribution in [-0.4, -0.2) is 42.9 Å². The van der Waals surface area contributed by atoms with Crippen LogP contribution in [0.5, 0.6) is 0 Å². The van der Waals surface area contributed by atoms with Crippen molar-refractivity contribution in [1.82, 2.24) is 5.32 Å². The van der Waals surface area contributed by atoms with Crippen LogP contribution in [0, 0.1) is 0 Å². The van der Waals surface area contributed by atoms with Gasteiger partial charge in [-0.15, -0.1) is 6.58 Å². The van der Waals surface area contributed by atoms with Gasteiger partial charge in [-0.1, -0.05) is 6.08 Å². The van der Waals surface area contributed by atoms with Crippen LogP contribution in [0.3, 0.4) is 0 Å². The Labute approximate surface area is 96.7 Å². The van der Waals surface area contributed by atoms with E-state index in [4.69, 9.17) is 10.5 Å². The van der Waals surface area contributed by atoms with Crippen LogP contribution >= 0.6 is 0 Å². The van der Waals surface area contributed by atoms with Crippen molar-refractivity contribution >= 4 is 5.91 Å². The molecule has 0 saturated carbocycles. The summed E-state index contributed by atoms with van der Waals surface area (Å²) in [5.41, 5.74) is 4.59. The molecular weight excluding hydrogens is 208 g/mol. The van der Waals surface area contributed by atoms with Crippen molar-refractivity contribution in [2.24, 2.45) is 5.73 Å². The fourth-order valence-corrected chi connectivity index (χ4v) is 1.11. The van der Waals surface area contributed by atoms with E-state index in [0.29, 0.717) is 19.4 Å². The molecule has 0 rings (SSSR count). The van der Waals surface area contributed by atoms with Crippen LogP contribution in [0.4, 0.5) is 0 Å². The summed E-state index contributed by atoms with van der Waals surface area (Å²) in [6, 6.07) is -0.601. The summed E-state index contributed by atoms with van der Waals surface area (Å²) in [6.07, 6.45) is 2.47. The van der Waals surface area contributed by atoms with Gasteiger partial charge < -0.3 is 20.9 Å². The Morgan fingerprint density at radius 1 is 1.75 bits per heavy atom. The molecule has 4 N–H and O–H groups in total. The molecular formula is C11H22N2O3. The minimum Gasteiger partial charge on any atom is -0.388 e. The SMILES string of the molecule is C=CCC(N)C(=O)NCC(C)(O)CCOC. The Kier molecular flexibility index (Phi) is 6.96. The van der Waals surface area contributed by atoms with Crippen molar-refractivity contribution in [2.75, 3.05) is 20.3 Å². The van der Waals surface area contributed by atoms with E-state index in [1.807, 2.05) is 0 Å². The molecule has 0 spiro atoms. The van der Waals surface area contributed by atoms with E-state index in [1.165, 1.54) is 0 Å². The van der Waals surface area contributed by atoms with Crippen LogP contribution in [0.25, 0.3) is 0 Å². The normalized spacial score (nSPS) is 16.2. The van der Waals surface area contributed by atoms with E-state index in [1.54, 1.807) is 20.1 Å². The van der Waals surface area contributed by atoms with Crippen LogP contribution < -0.4 is 11.1 Å². The maximum atomic E-state index is 11.4. The van der Waals surface area contributed by atoms with E-state index >= 15 is 0 Å². The maximum Gasteiger partial charge on any atom is 0.237 e.